The molecule has 0 radical (unpaired) electrons. The molecule has 0 amide bonds. The van der Waals surface area contributed by atoms with Crippen LogP contribution < -0.4 is 0 Å². The summed E-state index contributed by atoms with van der Waals surface area (Å²) in [4.78, 5) is 8.05. The highest BCUT2D eigenvalue weighted by Crippen LogP contribution is 2.32. The van der Waals surface area contributed by atoms with E-state index in [1.54, 1.807) is 0 Å². The number of rotatable bonds is 11. The molecule has 3 aromatic carbocycles. The Balaban J connectivity index is 1.57. The van der Waals surface area contributed by atoms with Crippen molar-refractivity contribution in [2.24, 2.45) is 5.92 Å². The Morgan fingerprint density at radius 2 is 1.38 bits per heavy atom. The summed E-state index contributed by atoms with van der Waals surface area (Å²) in [5.41, 5.74) is 6.29. The number of hydrogen-bond donors (Lipinski definition) is 0. The van der Waals surface area contributed by atoms with E-state index in [2.05, 4.69) is 107 Å². The summed E-state index contributed by atoms with van der Waals surface area (Å²) in [7, 11) is 0. The van der Waals surface area contributed by atoms with Crippen molar-refractivity contribution in [3.63, 3.8) is 0 Å². The van der Waals surface area contributed by atoms with Crippen LogP contribution >= 0.6 is 0 Å². The van der Waals surface area contributed by atoms with Crippen LogP contribution in [0.3, 0.4) is 0 Å². The lowest BCUT2D eigenvalue weighted by Crippen LogP contribution is -2.31. The van der Waals surface area contributed by atoms with Crippen molar-refractivity contribution in [3.05, 3.63) is 102 Å². The third-order valence-corrected chi connectivity index (χ3v) is 7.75. The van der Waals surface area contributed by atoms with E-state index < -0.39 is 0 Å². The van der Waals surface area contributed by atoms with Crippen molar-refractivity contribution >= 4 is 0 Å². The van der Waals surface area contributed by atoms with Gasteiger partial charge in [-0.3, -0.25) is 4.90 Å². The van der Waals surface area contributed by atoms with Crippen LogP contribution in [0.5, 0.6) is 0 Å². The van der Waals surface area contributed by atoms with Crippen molar-refractivity contribution in [2.75, 3.05) is 6.54 Å². The molecule has 3 nitrogen and oxygen atoms in total. The molecule has 1 heterocycles. The van der Waals surface area contributed by atoms with Crippen LogP contribution in [0.4, 0.5) is 0 Å². The number of benzene rings is 3. The monoisotopic (exact) mass is 491 g/mol. The van der Waals surface area contributed by atoms with Gasteiger partial charge in [0.2, 0.25) is 0 Å². The summed E-state index contributed by atoms with van der Waals surface area (Å²) in [5, 5.41) is 0. The SMILES string of the molecule is CCCCn1c(-c2ccccc2)nc(-c2ccccc2)c1CN(Cc1ccccc1)CC1CCCCC1. The van der Waals surface area contributed by atoms with Gasteiger partial charge in [0.05, 0.1) is 11.4 Å². The van der Waals surface area contributed by atoms with Gasteiger partial charge in [-0.15, -0.1) is 0 Å². The second kappa shape index (κ2) is 12.9. The normalized spacial score (nSPS) is 14.3. The van der Waals surface area contributed by atoms with Gasteiger partial charge in [-0.1, -0.05) is 124 Å². The van der Waals surface area contributed by atoms with Crippen molar-refractivity contribution in [2.45, 2.75) is 71.5 Å². The molecule has 0 atom stereocenters. The van der Waals surface area contributed by atoms with Crippen LogP contribution in [0.1, 0.15) is 63.1 Å². The van der Waals surface area contributed by atoms with Crippen molar-refractivity contribution < 1.29 is 0 Å². The number of imidazole rings is 1. The second-order valence-corrected chi connectivity index (χ2v) is 10.6. The van der Waals surface area contributed by atoms with Crippen molar-refractivity contribution in [3.8, 4) is 22.6 Å². The summed E-state index contributed by atoms with van der Waals surface area (Å²) in [6.07, 6.45) is 9.21. The molecule has 192 valence electrons. The van der Waals surface area contributed by atoms with Gasteiger partial charge in [-0.2, -0.15) is 0 Å². The van der Waals surface area contributed by atoms with Crippen LogP contribution in [-0.2, 0) is 19.6 Å². The average molecular weight is 492 g/mol. The summed E-state index contributed by atoms with van der Waals surface area (Å²) in [5.74, 6) is 1.89. The molecule has 1 saturated carbocycles. The molecule has 1 aliphatic rings. The molecule has 0 N–H and O–H groups in total. The maximum Gasteiger partial charge on any atom is 0.140 e. The fourth-order valence-corrected chi connectivity index (χ4v) is 5.81. The Morgan fingerprint density at radius 3 is 2.03 bits per heavy atom. The number of hydrogen-bond acceptors (Lipinski definition) is 2. The van der Waals surface area contributed by atoms with Crippen LogP contribution in [0, 0.1) is 5.92 Å². The first-order chi connectivity index (χ1) is 18.3. The van der Waals surface area contributed by atoms with Gasteiger partial charge in [0, 0.05) is 37.3 Å². The van der Waals surface area contributed by atoms with Gasteiger partial charge in [0.15, 0.2) is 0 Å². The van der Waals surface area contributed by atoms with E-state index in [9.17, 15) is 0 Å². The molecule has 0 saturated heterocycles. The fraction of sp³-hybridized carbons (Fsp3) is 0.382. The molecule has 0 bridgehead atoms. The minimum Gasteiger partial charge on any atom is -0.326 e. The third kappa shape index (κ3) is 6.59. The molecule has 37 heavy (non-hydrogen) atoms. The Hall–Kier alpha value is -3.17. The molecular formula is C34H41N3. The smallest absolute Gasteiger partial charge is 0.140 e. The first kappa shape index (κ1) is 25.5. The van der Waals surface area contributed by atoms with E-state index >= 15 is 0 Å². The van der Waals surface area contributed by atoms with Crippen molar-refractivity contribution in [1.82, 2.24) is 14.5 Å². The first-order valence-corrected chi connectivity index (χ1v) is 14.3. The predicted molar refractivity (Wildman–Crippen MR) is 155 cm³/mol. The minimum absolute atomic E-state index is 0.790. The van der Waals surface area contributed by atoms with Gasteiger partial charge in [0.1, 0.15) is 5.82 Å². The maximum absolute atomic E-state index is 5.35. The van der Waals surface area contributed by atoms with E-state index in [0.717, 1.165) is 50.0 Å². The largest absolute Gasteiger partial charge is 0.326 e. The quantitative estimate of drug-likeness (QED) is 0.209. The zero-order valence-electron chi connectivity index (χ0n) is 22.4. The van der Waals surface area contributed by atoms with Gasteiger partial charge >= 0.3 is 0 Å². The van der Waals surface area contributed by atoms with Gasteiger partial charge in [-0.25, -0.2) is 4.98 Å². The van der Waals surface area contributed by atoms with Gasteiger partial charge in [0.25, 0.3) is 0 Å². The molecule has 5 rings (SSSR count). The Kier molecular flexibility index (Phi) is 8.86. The van der Waals surface area contributed by atoms with E-state index in [4.69, 9.17) is 4.98 Å². The zero-order valence-corrected chi connectivity index (χ0v) is 22.4. The lowest BCUT2D eigenvalue weighted by atomic mass is 9.89. The highest BCUT2D eigenvalue weighted by Gasteiger charge is 2.24. The summed E-state index contributed by atoms with van der Waals surface area (Å²) in [6, 6.07) is 32.5. The maximum atomic E-state index is 5.35. The van der Waals surface area contributed by atoms with Crippen LogP contribution in [-0.4, -0.2) is 21.0 Å². The van der Waals surface area contributed by atoms with E-state index in [0.29, 0.717) is 0 Å². The highest BCUT2D eigenvalue weighted by molar-refractivity contribution is 5.68. The van der Waals surface area contributed by atoms with Gasteiger partial charge in [-0.05, 0) is 30.7 Å². The zero-order chi connectivity index (χ0) is 25.3. The summed E-state index contributed by atoms with van der Waals surface area (Å²) in [6.45, 7) is 6.33. The molecule has 1 aromatic heterocycles. The average Bonchev–Trinajstić information content (AvgIpc) is 3.31. The minimum atomic E-state index is 0.790. The van der Waals surface area contributed by atoms with Crippen LogP contribution in [0.2, 0.25) is 0 Å². The lowest BCUT2D eigenvalue weighted by Gasteiger charge is -2.30. The summed E-state index contributed by atoms with van der Waals surface area (Å²) < 4.78 is 2.53. The Morgan fingerprint density at radius 1 is 0.757 bits per heavy atom. The summed E-state index contributed by atoms with van der Waals surface area (Å²) >= 11 is 0. The van der Waals surface area contributed by atoms with E-state index in [1.807, 2.05) is 0 Å². The second-order valence-electron chi connectivity index (χ2n) is 10.6. The standard InChI is InChI=1S/C34H41N3/c1-2-3-24-37-32(27-36(25-28-16-8-4-9-17-28)26-29-18-10-5-11-19-29)33(30-20-12-6-13-21-30)35-34(37)31-22-14-7-15-23-31/h4,6-9,12-17,20-23,29H,2-3,5,10-11,18-19,24-27H2,1H3. The first-order valence-electron chi connectivity index (χ1n) is 14.3. The number of aromatic nitrogens is 2. The molecule has 0 unspecified atom stereocenters. The predicted octanol–water partition coefficient (Wildman–Crippen LogP) is 8.60. The lowest BCUT2D eigenvalue weighted by molar-refractivity contribution is 0.183. The molecule has 3 heteroatoms. The topological polar surface area (TPSA) is 21.1 Å². The van der Waals surface area contributed by atoms with E-state index in [-0.39, 0.29) is 0 Å². The number of nitrogens with zero attached hydrogens (tertiary/aromatic N) is 3. The molecule has 1 fully saturated rings. The molecule has 1 aliphatic carbocycles. The van der Waals surface area contributed by atoms with Crippen LogP contribution in [0.25, 0.3) is 22.6 Å². The Labute approximate surface area is 223 Å². The third-order valence-electron chi connectivity index (χ3n) is 7.75. The number of unbranched alkanes of at least 4 members (excludes halogenated alkanes) is 1. The molecule has 0 aliphatic heterocycles. The Bertz CT molecular complexity index is 1210. The molecule has 0 spiro atoms. The van der Waals surface area contributed by atoms with Crippen LogP contribution in [0.15, 0.2) is 91.0 Å². The highest BCUT2D eigenvalue weighted by atomic mass is 15.2. The molecular weight excluding hydrogens is 450 g/mol. The fourth-order valence-electron chi connectivity index (χ4n) is 5.81. The molecule has 4 aromatic rings. The van der Waals surface area contributed by atoms with Crippen molar-refractivity contribution in [1.29, 1.82) is 0 Å². The van der Waals surface area contributed by atoms with E-state index in [1.165, 1.54) is 60.9 Å². The van der Waals surface area contributed by atoms with Gasteiger partial charge < -0.3 is 4.57 Å².